The fourth-order valence-corrected chi connectivity index (χ4v) is 4.71. The highest BCUT2D eigenvalue weighted by Gasteiger charge is 2.70. The highest BCUT2D eigenvalue weighted by molar-refractivity contribution is 6.26. The van der Waals surface area contributed by atoms with Crippen LogP contribution in [0.2, 0.25) is 0 Å². The fraction of sp³-hybridized carbons (Fsp3) is 0.300. The number of nitriles is 1. The van der Waals surface area contributed by atoms with Gasteiger partial charge in [0.05, 0.1) is 34.9 Å². The quantitative estimate of drug-likeness (QED) is 0.585. The summed E-state index contributed by atoms with van der Waals surface area (Å²) >= 11 is 0. The number of hydrogen-bond donors (Lipinski definition) is 0. The van der Waals surface area contributed by atoms with Gasteiger partial charge in [0, 0.05) is 10.8 Å². The van der Waals surface area contributed by atoms with Crippen molar-refractivity contribution in [3.05, 3.63) is 48.3 Å². The summed E-state index contributed by atoms with van der Waals surface area (Å²) in [5.41, 5.74) is -0.837. The van der Waals surface area contributed by atoms with Crippen molar-refractivity contribution in [3.63, 3.8) is 0 Å². The Morgan fingerprint density at radius 2 is 1.65 bits per heavy atom. The van der Waals surface area contributed by atoms with Crippen molar-refractivity contribution in [1.29, 1.82) is 5.26 Å². The van der Waals surface area contributed by atoms with E-state index in [0.29, 0.717) is 16.5 Å². The Kier molecular flexibility index (Phi) is 2.68. The first-order chi connectivity index (χ1) is 12.4. The van der Waals surface area contributed by atoms with E-state index < -0.39 is 23.0 Å². The van der Waals surface area contributed by atoms with Crippen LogP contribution in [0.15, 0.2) is 42.6 Å². The predicted octanol–water partition coefficient (Wildman–Crippen LogP) is 2.33. The molecule has 0 N–H and O–H groups in total. The minimum absolute atomic E-state index is 0.271. The number of rotatable bonds is 1. The summed E-state index contributed by atoms with van der Waals surface area (Å²) in [5.74, 6) is -1.63. The Labute approximate surface area is 149 Å². The number of carbonyl (C=O) groups excluding carboxylic acids is 2. The number of amides is 2. The van der Waals surface area contributed by atoms with Crippen LogP contribution >= 0.6 is 0 Å². The molecule has 128 valence electrons. The molecule has 1 aromatic heterocycles. The SMILES string of the molecule is CC12C=CC(C)(O1)[C@H]1C(=O)N(c3cnc(C#N)c4ccccc34)C(=O)[C@H]12. The molecule has 1 aromatic carbocycles. The second-order valence-corrected chi connectivity index (χ2v) is 7.42. The number of nitrogens with zero attached hydrogens (tertiary/aromatic N) is 3. The van der Waals surface area contributed by atoms with Crippen molar-refractivity contribution in [3.8, 4) is 6.07 Å². The van der Waals surface area contributed by atoms with E-state index >= 15 is 0 Å². The van der Waals surface area contributed by atoms with Crippen molar-refractivity contribution in [2.45, 2.75) is 25.0 Å². The van der Waals surface area contributed by atoms with Crippen LogP contribution in [0.1, 0.15) is 19.5 Å². The molecule has 6 heteroatoms. The molecule has 2 bridgehead atoms. The van der Waals surface area contributed by atoms with Gasteiger partial charge in [0.25, 0.3) is 0 Å². The molecular formula is C20H15N3O3. The third kappa shape index (κ3) is 1.61. The number of hydrogen-bond acceptors (Lipinski definition) is 5. The molecule has 0 saturated carbocycles. The molecule has 26 heavy (non-hydrogen) atoms. The number of anilines is 1. The molecule has 2 unspecified atom stereocenters. The number of carbonyl (C=O) groups is 2. The number of benzene rings is 1. The lowest BCUT2D eigenvalue weighted by molar-refractivity contribution is -0.128. The zero-order valence-corrected chi connectivity index (χ0v) is 14.3. The van der Waals surface area contributed by atoms with E-state index in [2.05, 4.69) is 11.1 Å². The van der Waals surface area contributed by atoms with Crippen molar-refractivity contribution < 1.29 is 14.3 Å². The molecule has 0 radical (unpaired) electrons. The highest BCUT2D eigenvalue weighted by atomic mass is 16.5. The van der Waals surface area contributed by atoms with E-state index in [-0.39, 0.29) is 17.5 Å². The van der Waals surface area contributed by atoms with Crippen LogP contribution in [0.4, 0.5) is 5.69 Å². The van der Waals surface area contributed by atoms with Gasteiger partial charge in [-0.05, 0) is 13.8 Å². The smallest absolute Gasteiger partial charge is 0.241 e. The average molecular weight is 345 g/mol. The Balaban J connectivity index is 1.70. The van der Waals surface area contributed by atoms with Crippen molar-refractivity contribution in [2.75, 3.05) is 4.90 Å². The van der Waals surface area contributed by atoms with Crippen LogP contribution in [0.25, 0.3) is 10.8 Å². The van der Waals surface area contributed by atoms with Gasteiger partial charge in [-0.25, -0.2) is 9.88 Å². The number of pyridine rings is 1. The van der Waals surface area contributed by atoms with Crippen molar-refractivity contribution >= 4 is 28.3 Å². The number of ether oxygens (including phenoxy) is 1. The predicted molar refractivity (Wildman–Crippen MR) is 93.0 cm³/mol. The fourth-order valence-electron chi connectivity index (χ4n) is 4.71. The van der Waals surface area contributed by atoms with Gasteiger partial charge in [0.2, 0.25) is 11.8 Å². The first-order valence-corrected chi connectivity index (χ1v) is 8.46. The van der Waals surface area contributed by atoms with Gasteiger partial charge in [-0.15, -0.1) is 0 Å². The summed E-state index contributed by atoms with van der Waals surface area (Å²) < 4.78 is 6.03. The third-order valence-corrected chi connectivity index (χ3v) is 5.85. The zero-order valence-electron chi connectivity index (χ0n) is 14.3. The molecule has 3 aliphatic rings. The molecule has 4 heterocycles. The Morgan fingerprint density at radius 3 is 2.23 bits per heavy atom. The Hall–Kier alpha value is -3.04. The molecule has 3 aliphatic heterocycles. The number of aromatic nitrogens is 1. The zero-order chi connectivity index (χ0) is 18.3. The van der Waals surface area contributed by atoms with E-state index in [1.807, 2.05) is 32.1 Å². The van der Waals surface area contributed by atoms with E-state index in [4.69, 9.17) is 4.74 Å². The van der Waals surface area contributed by atoms with E-state index in [9.17, 15) is 14.9 Å². The van der Waals surface area contributed by atoms with Crippen molar-refractivity contribution in [1.82, 2.24) is 4.98 Å². The lowest BCUT2D eigenvalue weighted by Crippen LogP contribution is -2.39. The molecule has 2 saturated heterocycles. The molecular weight excluding hydrogens is 330 g/mol. The summed E-state index contributed by atoms with van der Waals surface area (Å²) in [6, 6.07) is 9.25. The summed E-state index contributed by atoms with van der Waals surface area (Å²) in [4.78, 5) is 31.9. The summed E-state index contributed by atoms with van der Waals surface area (Å²) in [5, 5.41) is 10.6. The largest absolute Gasteiger partial charge is 0.359 e. The van der Waals surface area contributed by atoms with Gasteiger partial charge in [-0.3, -0.25) is 9.59 Å². The van der Waals surface area contributed by atoms with Gasteiger partial charge in [-0.2, -0.15) is 5.26 Å². The third-order valence-electron chi connectivity index (χ3n) is 5.85. The molecule has 2 fully saturated rings. The molecule has 0 spiro atoms. The van der Waals surface area contributed by atoms with Crippen LogP contribution in [0.3, 0.4) is 0 Å². The van der Waals surface area contributed by atoms with Gasteiger partial charge in [0.15, 0.2) is 0 Å². The second-order valence-electron chi connectivity index (χ2n) is 7.42. The van der Waals surface area contributed by atoms with E-state index in [1.165, 1.54) is 11.1 Å². The monoisotopic (exact) mass is 345 g/mol. The van der Waals surface area contributed by atoms with Gasteiger partial charge < -0.3 is 4.74 Å². The maximum absolute atomic E-state index is 13.2. The summed E-state index contributed by atoms with van der Waals surface area (Å²) in [7, 11) is 0. The average Bonchev–Trinajstić information content (AvgIpc) is 3.18. The molecule has 5 rings (SSSR count). The number of fused-ring (bicyclic) bond motifs is 6. The molecule has 2 aromatic rings. The van der Waals surface area contributed by atoms with Gasteiger partial charge in [-0.1, -0.05) is 36.4 Å². The molecule has 6 nitrogen and oxygen atoms in total. The standard InChI is InChI=1S/C20H15N3O3/c1-19-7-8-20(2,26-19)16-15(19)17(24)23(18(16)25)14-10-22-13(9-21)11-5-3-4-6-12(11)14/h3-8,10,15-16H,1-2H3/t15-,16+,19?,20?. The van der Waals surface area contributed by atoms with Crippen LogP contribution in [-0.2, 0) is 14.3 Å². The van der Waals surface area contributed by atoms with E-state index in [0.717, 1.165) is 0 Å². The molecule has 0 aliphatic carbocycles. The summed E-state index contributed by atoms with van der Waals surface area (Å²) in [6.07, 6.45) is 5.22. The Morgan fingerprint density at radius 1 is 1.08 bits per heavy atom. The van der Waals surface area contributed by atoms with E-state index in [1.54, 1.807) is 18.2 Å². The Bertz CT molecular complexity index is 1050. The molecule has 2 amide bonds. The van der Waals surface area contributed by atoms with Crippen molar-refractivity contribution in [2.24, 2.45) is 11.8 Å². The topological polar surface area (TPSA) is 83.3 Å². The first kappa shape index (κ1) is 15.2. The highest BCUT2D eigenvalue weighted by Crippen LogP contribution is 2.57. The van der Waals surface area contributed by atoms with Crippen LogP contribution in [0.5, 0.6) is 0 Å². The minimum Gasteiger partial charge on any atom is -0.359 e. The maximum Gasteiger partial charge on any atom is 0.241 e. The van der Waals surface area contributed by atoms with Crippen LogP contribution < -0.4 is 4.90 Å². The minimum atomic E-state index is -0.767. The normalized spacial score (nSPS) is 34.6. The van der Waals surface area contributed by atoms with Gasteiger partial charge >= 0.3 is 0 Å². The van der Waals surface area contributed by atoms with Gasteiger partial charge in [0.1, 0.15) is 11.8 Å². The second kappa shape index (κ2) is 4.57. The summed E-state index contributed by atoms with van der Waals surface area (Å²) in [6.45, 7) is 3.70. The number of imide groups is 1. The van der Waals surface area contributed by atoms with Crippen LogP contribution in [0, 0.1) is 23.2 Å². The lowest BCUT2D eigenvalue weighted by Gasteiger charge is -2.25. The first-order valence-electron chi connectivity index (χ1n) is 8.46. The lowest BCUT2D eigenvalue weighted by atomic mass is 9.73. The molecule has 4 atom stereocenters. The van der Waals surface area contributed by atoms with Crippen LogP contribution in [-0.4, -0.2) is 28.0 Å². The maximum atomic E-state index is 13.2.